The summed E-state index contributed by atoms with van der Waals surface area (Å²) in [6.45, 7) is -0.311. The normalized spacial score (nSPS) is 24.7. The second-order valence-corrected chi connectivity index (χ2v) is 7.00. The van der Waals surface area contributed by atoms with Crippen LogP contribution in [0.5, 0.6) is 11.5 Å². The van der Waals surface area contributed by atoms with Crippen LogP contribution in [0.3, 0.4) is 0 Å². The number of esters is 1. The fourth-order valence-corrected chi connectivity index (χ4v) is 4.02. The minimum atomic E-state index is -0.372. The maximum atomic E-state index is 12.4. The maximum Gasteiger partial charge on any atom is 0.309 e. The van der Waals surface area contributed by atoms with E-state index in [0.29, 0.717) is 35.7 Å². The molecule has 2 atom stereocenters. The van der Waals surface area contributed by atoms with Crippen molar-refractivity contribution in [1.29, 1.82) is 0 Å². The van der Waals surface area contributed by atoms with Crippen LogP contribution in [0, 0.1) is 17.8 Å². The van der Waals surface area contributed by atoms with Crippen molar-refractivity contribution in [3.63, 3.8) is 0 Å². The second kappa shape index (κ2) is 7.89. The minimum Gasteiger partial charge on any atom is -0.493 e. The van der Waals surface area contributed by atoms with Gasteiger partial charge in [0.15, 0.2) is 23.9 Å². The number of carbonyl (C=O) groups excluding carboxylic acids is 3. The first-order valence-corrected chi connectivity index (χ1v) is 8.99. The topological polar surface area (TPSA) is 78.9 Å². The van der Waals surface area contributed by atoms with E-state index in [9.17, 15) is 14.4 Å². The molecule has 1 aromatic carbocycles. The van der Waals surface area contributed by atoms with E-state index in [1.54, 1.807) is 18.2 Å². The van der Waals surface area contributed by atoms with E-state index in [4.69, 9.17) is 14.2 Å². The third-order valence-corrected chi connectivity index (χ3v) is 5.43. The molecular weight excluding hydrogens is 336 g/mol. The quantitative estimate of drug-likeness (QED) is 0.573. The van der Waals surface area contributed by atoms with E-state index < -0.39 is 0 Å². The third kappa shape index (κ3) is 3.74. The Hall–Kier alpha value is -2.37. The van der Waals surface area contributed by atoms with Gasteiger partial charge in [-0.05, 0) is 43.9 Å². The van der Waals surface area contributed by atoms with Gasteiger partial charge in [-0.2, -0.15) is 0 Å². The van der Waals surface area contributed by atoms with Gasteiger partial charge in [-0.1, -0.05) is 6.42 Å². The summed E-state index contributed by atoms with van der Waals surface area (Å²) >= 11 is 0. The van der Waals surface area contributed by atoms with Gasteiger partial charge in [0.25, 0.3) is 0 Å². The van der Waals surface area contributed by atoms with Crippen LogP contribution in [-0.4, -0.2) is 38.4 Å². The fraction of sp³-hybridized carbons (Fsp3) is 0.550. The molecule has 0 heterocycles. The highest BCUT2D eigenvalue weighted by molar-refractivity contribution is 5.98. The van der Waals surface area contributed by atoms with Crippen molar-refractivity contribution in [3.05, 3.63) is 23.8 Å². The summed E-state index contributed by atoms with van der Waals surface area (Å²) in [5.41, 5.74) is 0.395. The molecule has 6 heteroatoms. The summed E-state index contributed by atoms with van der Waals surface area (Å²) in [7, 11) is 3.01. The van der Waals surface area contributed by atoms with Gasteiger partial charge >= 0.3 is 5.97 Å². The molecule has 0 aromatic heterocycles. The van der Waals surface area contributed by atoms with Gasteiger partial charge in [0.2, 0.25) is 0 Å². The summed E-state index contributed by atoms with van der Waals surface area (Å²) in [4.78, 5) is 36.8. The van der Waals surface area contributed by atoms with Crippen LogP contribution in [-0.2, 0) is 14.3 Å². The van der Waals surface area contributed by atoms with Gasteiger partial charge in [-0.3, -0.25) is 14.4 Å². The first kappa shape index (κ1) is 18.4. The highest BCUT2D eigenvalue weighted by Gasteiger charge is 2.41. The maximum absolute atomic E-state index is 12.4. The molecule has 2 aliphatic carbocycles. The number of methoxy groups -OCH3 is 2. The number of hydrogen-bond acceptors (Lipinski definition) is 6. The van der Waals surface area contributed by atoms with Crippen LogP contribution in [0.4, 0.5) is 0 Å². The molecule has 2 fully saturated rings. The standard InChI is InChI=1S/C20H24O6/c1-24-17-7-6-12(10-18(17)25-2)16(21)11-26-20(23)15-8-13-4-3-5-14(9-15)19(13)22/h6-7,10,13-15H,3-5,8-9,11H2,1-2H3. The number of rotatable bonds is 6. The van der Waals surface area contributed by atoms with E-state index >= 15 is 0 Å². The van der Waals surface area contributed by atoms with Gasteiger partial charge in [-0.15, -0.1) is 0 Å². The van der Waals surface area contributed by atoms with Crippen molar-refractivity contribution in [2.24, 2.45) is 17.8 Å². The van der Waals surface area contributed by atoms with Crippen LogP contribution < -0.4 is 9.47 Å². The second-order valence-electron chi connectivity index (χ2n) is 7.00. The molecule has 2 aliphatic rings. The summed E-state index contributed by atoms with van der Waals surface area (Å²) in [6, 6.07) is 4.82. The van der Waals surface area contributed by atoms with Crippen molar-refractivity contribution >= 4 is 17.5 Å². The smallest absolute Gasteiger partial charge is 0.309 e. The highest BCUT2D eigenvalue weighted by atomic mass is 16.5. The predicted octanol–water partition coefficient (Wildman–Crippen LogP) is 2.83. The third-order valence-electron chi connectivity index (χ3n) is 5.43. The number of ether oxygens (including phenoxy) is 3. The van der Waals surface area contributed by atoms with Crippen LogP contribution >= 0.6 is 0 Å². The lowest BCUT2D eigenvalue weighted by molar-refractivity contribution is -0.152. The molecule has 2 bridgehead atoms. The molecule has 2 unspecified atom stereocenters. The molecule has 0 amide bonds. The van der Waals surface area contributed by atoms with Gasteiger partial charge in [0.1, 0.15) is 5.78 Å². The Morgan fingerprint density at radius 1 is 1.04 bits per heavy atom. The molecule has 0 saturated heterocycles. The zero-order chi connectivity index (χ0) is 18.7. The van der Waals surface area contributed by atoms with Crippen LogP contribution in [0.1, 0.15) is 42.5 Å². The Bertz CT molecular complexity index is 694. The lowest BCUT2D eigenvalue weighted by atomic mass is 9.67. The Kier molecular flexibility index (Phi) is 5.59. The lowest BCUT2D eigenvalue weighted by Crippen LogP contribution is -2.39. The number of fused-ring (bicyclic) bond motifs is 2. The van der Waals surface area contributed by atoms with Gasteiger partial charge in [-0.25, -0.2) is 0 Å². The highest BCUT2D eigenvalue weighted by Crippen LogP contribution is 2.40. The zero-order valence-electron chi connectivity index (χ0n) is 15.2. The molecule has 0 spiro atoms. The molecule has 3 rings (SSSR count). The van der Waals surface area contributed by atoms with Gasteiger partial charge in [0.05, 0.1) is 20.1 Å². The zero-order valence-corrected chi connectivity index (χ0v) is 15.2. The first-order valence-electron chi connectivity index (χ1n) is 8.99. The van der Waals surface area contributed by atoms with E-state index in [1.807, 2.05) is 0 Å². The molecule has 2 saturated carbocycles. The molecule has 1 aromatic rings. The number of carbonyl (C=O) groups is 3. The van der Waals surface area contributed by atoms with Crippen molar-refractivity contribution in [3.8, 4) is 11.5 Å². The van der Waals surface area contributed by atoms with Gasteiger partial charge in [0, 0.05) is 17.4 Å². The summed E-state index contributed by atoms with van der Waals surface area (Å²) < 4.78 is 15.6. The first-order chi connectivity index (χ1) is 12.5. The number of Topliss-reactive ketones (excluding diaryl/α,β-unsaturated/α-hetero) is 2. The number of hydrogen-bond donors (Lipinski definition) is 0. The van der Waals surface area contributed by atoms with E-state index in [0.717, 1.165) is 19.3 Å². The Balaban J connectivity index is 1.58. The predicted molar refractivity (Wildman–Crippen MR) is 93.4 cm³/mol. The number of benzene rings is 1. The van der Waals surface area contributed by atoms with Crippen LogP contribution in [0.25, 0.3) is 0 Å². The monoisotopic (exact) mass is 360 g/mol. The molecule has 0 radical (unpaired) electrons. The van der Waals surface area contributed by atoms with E-state index in [-0.39, 0.29) is 36.1 Å². The molecule has 26 heavy (non-hydrogen) atoms. The van der Waals surface area contributed by atoms with Crippen LogP contribution in [0.2, 0.25) is 0 Å². The van der Waals surface area contributed by atoms with Crippen molar-refractivity contribution in [1.82, 2.24) is 0 Å². The minimum absolute atomic E-state index is 0.0124. The summed E-state index contributed by atoms with van der Waals surface area (Å²) in [5, 5.41) is 0. The Labute approximate surface area is 152 Å². The Morgan fingerprint density at radius 2 is 1.69 bits per heavy atom. The molecule has 140 valence electrons. The largest absolute Gasteiger partial charge is 0.493 e. The van der Waals surface area contributed by atoms with Crippen LogP contribution in [0.15, 0.2) is 18.2 Å². The summed E-state index contributed by atoms with van der Waals surface area (Å²) in [5.74, 6) is 0.309. The average molecular weight is 360 g/mol. The molecule has 0 aliphatic heterocycles. The lowest BCUT2D eigenvalue weighted by Gasteiger charge is -2.36. The Morgan fingerprint density at radius 3 is 2.31 bits per heavy atom. The van der Waals surface area contributed by atoms with E-state index in [1.165, 1.54) is 14.2 Å². The average Bonchev–Trinajstić information content (AvgIpc) is 2.64. The molecular formula is C20H24O6. The summed E-state index contributed by atoms with van der Waals surface area (Å²) in [6.07, 6.45) is 3.89. The molecule has 6 nitrogen and oxygen atoms in total. The number of ketones is 2. The van der Waals surface area contributed by atoms with Crippen molar-refractivity contribution in [2.45, 2.75) is 32.1 Å². The van der Waals surface area contributed by atoms with Crippen molar-refractivity contribution < 1.29 is 28.6 Å². The van der Waals surface area contributed by atoms with Gasteiger partial charge < -0.3 is 14.2 Å². The SMILES string of the molecule is COc1ccc(C(=O)COC(=O)C2CC3CCCC(C2)C3=O)cc1OC. The van der Waals surface area contributed by atoms with Crippen molar-refractivity contribution in [2.75, 3.05) is 20.8 Å². The fourth-order valence-electron chi connectivity index (χ4n) is 4.02. The molecule has 0 N–H and O–H groups in total. The van der Waals surface area contributed by atoms with E-state index in [2.05, 4.69) is 0 Å².